The minimum absolute atomic E-state index is 0.0790. The van der Waals surface area contributed by atoms with Crippen LogP contribution in [0.15, 0.2) is 39.6 Å². The molecule has 0 fully saturated rings. The Balaban J connectivity index is 2.13. The molecule has 0 spiro atoms. The number of benzene rings is 1. The van der Waals surface area contributed by atoms with Crippen molar-refractivity contribution in [2.45, 2.75) is 45.6 Å². The Morgan fingerprint density at radius 1 is 1.17 bits per heavy atom. The van der Waals surface area contributed by atoms with E-state index in [1.54, 1.807) is 6.92 Å². The molecule has 0 bridgehead atoms. The SMILES string of the molecule is CC(O)CN(CC(O)Cn1c(-c2ccccc2)noc1=O)C(C)C. The van der Waals surface area contributed by atoms with Gasteiger partial charge in [0.1, 0.15) is 0 Å². The highest BCUT2D eigenvalue weighted by Crippen LogP contribution is 2.15. The number of nitrogens with zero attached hydrogens (tertiary/aromatic N) is 3. The number of hydrogen-bond donors (Lipinski definition) is 2. The molecule has 0 saturated carbocycles. The minimum atomic E-state index is -0.786. The quantitative estimate of drug-likeness (QED) is 0.746. The van der Waals surface area contributed by atoms with Gasteiger partial charge in [0, 0.05) is 24.7 Å². The largest absolute Gasteiger partial charge is 0.441 e. The van der Waals surface area contributed by atoms with E-state index >= 15 is 0 Å². The van der Waals surface area contributed by atoms with E-state index in [2.05, 4.69) is 5.16 Å². The molecule has 0 amide bonds. The highest BCUT2D eigenvalue weighted by atomic mass is 16.5. The summed E-state index contributed by atoms with van der Waals surface area (Å²) < 4.78 is 6.09. The fourth-order valence-electron chi connectivity index (χ4n) is 2.60. The Morgan fingerprint density at radius 2 is 1.83 bits per heavy atom. The van der Waals surface area contributed by atoms with Crippen molar-refractivity contribution in [3.05, 3.63) is 40.9 Å². The Morgan fingerprint density at radius 3 is 2.42 bits per heavy atom. The second-order valence-corrected chi connectivity index (χ2v) is 6.30. The summed E-state index contributed by atoms with van der Waals surface area (Å²) >= 11 is 0. The van der Waals surface area contributed by atoms with Gasteiger partial charge in [-0.1, -0.05) is 35.5 Å². The molecule has 0 aliphatic rings. The van der Waals surface area contributed by atoms with E-state index in [4.69, 9.17) is 4.52 Å². The average molecular weight is 335 g/mol. The van der Waals surface area contributed by atoms with Crippen LogP contribution in [-0.2, 0) is 6.54 Å². The zero-order valence-electron chi connectivity index (χ0n) is 14.3. The van der Waals surface area contributed by atoms with Gasteiger partial charge in [-0.3, -0.25) is 14.0 Å². The maximum atomic E-state index is 11.9. The van der Waals surface area contributed by atoms with E-state index in [0.29, 0.717) is 18.9 Å². The fraction of sp³-hybridized carbons (Fsp3) is 0.529. The Hall–Kier alpha value is -1.96. The number of aromatic nitrogens is 2. The molecule has 0 saturated heterocycles. The van der Waals surface area contributed by atoms with Crippen molar-refractivity contribution < 1.29 is 14.7 Å². The normalized spacial score (nSPS) is 14.3. The summed E-state index contributed by atoms with van der Waals surface area (Å²) in [6.45, 7) is 6.58. The zero-order chi connectivity index (χ0) is 17.7. The Kier molecular flexibility index (Phi) is 6.30. The smallest absolute Gasteiger partial charge is 0.392 e. The van der Waals surface area contributed by atoms with Gasteiger partial charge in [0.15, 0.2) is 5.82 Å². The van der Waals surface area contributed by atoms with Crippen molar-refractivity contribution in [2.24, 2.45) is 0 Å². The van der Waals surface area contributed by atoms with Crippen LogP contribution in [0.2, 0.25) is 0 Å². The Labute approximate surface area is 141 Å². The first kappa shape index (κ1) is 18.4. The van der Waals surface area contributed by atoms with Crippen molar-refractivity contribution in [3.63, 3.8) is 0 Å². The van der Waals surface area contributed by atoms with Gasteiger partial charge in [0.05, 0.1) is 18.8 Å². The van der Waals surface area contributed by atoms with Crippen LogP contribution in [0, 0.1) is 0 Å². The van der Waals surface area contributed by atoms with E-state index in [1.807, 2.05) is 49.1 Å². The molecule has 1 aromatic heterocycles. The summed E-state index contributed by atoms with van der Waals surface area (Å²) in [5.41, 5.74) is 0.750. The molecular weight excluding hydrogens is 310 g/mol. The molecule has 2 atom stereocenters. The standard InChI is InChI=1S/C17H25N3O4/c1-12(2)19(9-13(3)21)10-15(22)11-20-16(18-24-17(20)23)14-7-5-4-6-8-14/h4-8,12-13,15,21-22H,9-11H2,1-3H3. The van der Waals surface area contributed by atoms with Crippen LogP contribution in [0.4, 0.5) is 0 Å². The fourth-order valence-corrected chi connectivity index (χ4v) is 2.60. The first-order valence-corrected chi connectivity index (χ1v) is 8.10. The number of hydrogen-bond acceptors (Lipinski definition) is 6. The van der Waals surface area contributed by atoms with Crippen molar-refractivity contribution in [2.75, 3.05) is 13.1 Å². The third kappa shape index (κ3) is 4.77. The second kappa shape index (κ2) is 8.23. The van der Waals surface area contributed by atoms with Crippen molar-refractivity contribution in [1.29, 1.82) is 0 Å². The van der Waals surface area contributed by atoms with Gasteiger partial charge in [-0.25, -0.2) is 4.79 Å². The van der Waals surface area contributed by atoms with Crippen LogP contribution in [0.5, 0.6) is 0 Å². The van der Waals surface area contributed by atoms with Gasteiger partial charge in [-0.2, -0.15) is 0 Å². The Bertz CT molecular complexity index is 679. The molecule has 24 heavy (non-hydrogen) atoms. The minimum Gasteiger partial charge on any atom is -0.392 e. The van der Waals surface area contributed by atoms with Crippen LogP contribution < -0.4 is 5.76 Å². The van der Waals surface area contributed by atoms with Gasteiger partial charge in [-0.05, 0) is 20.8 Å². The summed E-state index contributed by atoms with van der Waals surface area (Å²) in [6.07, 6.45) is -1.27. The lowest BCUT2D eigenvalue weighted by molar-refractivity contribution is 0.0514. The highest BCUT2D eigenvalue weighted by molar-refractivity contribution is 5.54. The number of aliphatic hydroxyl groups is 2. The lowest BCUT2D eigenvalue weighted by Crippen LogP contribution is -2.43. The van der Waals surface area contributed by atoms with E-state index in [-0.39, 0.29) is 12.6 Å². The lowest BCUT2D eigenvalue weighted by atomic mass is 10.2. The molecule has 1 aromatic carbocycles. The molecular formula is C17H25N3O4. The first-order valence-electron chi connectivity index (χ1n) is 8.10. The monoisotopic (exact) mass is 335 g/mol. The summed E-state index contributed by atoms with van der Waals surface area (Å²) in [4.78, 5) is 13.9. The second-order valence-electron chi connectivity index (χ2n) is 6.30. The molecule has 2 unspecified atom stereocenters. The molecule has 2 aromatic rings. The van der Waals surface area contributed by atoms with Crippen LogP contribution in [0.3, 0.4) is 0 Å². The predicted octanol–water partition coefficient (Wildman–Crippen LogP) is 0.955. The van der Waals surface area contributed by atoms with Crippen molar-refractivity contribution in [3.8, 4) is 11.4 Å². The first-order chi connectivity index (χ1) is 11.4. The van der Waals surface area contributed by atoms with Gasteiger partial charge < -0.3 is 10.2 Å². The van der Waals surface area contributed by atoms with E-state index in [1.165, 1.54) is 4.57 Å². The van der Waals surface area contributed by atoms with E-state index < -0.39 is 18.0 Å². The van der Waals surface area contributed by atoms with Crippen LogP contribution >= 0.6 is 0 Å². The molecule has 2 rings (SSSR count). The molecule has 132 valence electrons. The van der Waals surface area contributed by atoms with Crippen LogP contribution in [-0.4, -0.2) is 56.2 Å². The maximum absolute atomic E-state index is 11.9. The van der Waals surface area contributed by atoms with Gasteiger partial charge in [-0.15, -0.1) is 0 Å². The molecule has 0 aliphatic heterocycles. The van der Waals surface area contributed by atoms with Gasteiger partial charge in [0.2, 0.25) is 0 Å². The van der Waals surface area contributed by atoms with Gasteiger partial charge in [0.25, 0.3) is 0 Å². The van der Waals surface area contributed by atoms with E-state index in [9.17, 15) is 15.0 Å². The van der Waals surface area contributed by atoms with Gasteiger partial charge >= 0.3 is 5.76 Å². The molecule has 7 nitrogen and oxygen atoms in total. The van der Waals surface area contributed by atoms with Crippen molar-refractivity contribution >= 4 is 0 Å². The molecule has 1 heterocycles. The molecule has 2 N–H and O–H groups in total. The summed E-state index contributed by atoms with van der Waals surface area (Å²) in [5.74, 6) is -0.203. The zero-order valence-corrected chi connectivity index (χ0v) is 14.3. The summed E-state index contributed by atoms with van der Waals surface area (Å²) in [7, 11) is 0. The van der Waals surface area contributed by atoms with Crippen LogP contribution in [0.1, 0.15) is 20.8 Å². The molecule has 0 aliphatic carbocycles. The van der Waals surface area contributed by atoms with Crippen molar-refractivity contribution in [1.82, 2.24) is 14.6 Å². The maximum Gasteiger partial charge on any atom is 0.441 e. The average Bonchev–Trinajstić information content (AvgIpc) is 2.88. The molecule has 0 radical (unpaired) electrons. The third-order valence-electron chi connectivity index (χ3n) is 3.79. The van der Waals surface area contributed by atoms with E-state index in [0.717, 1.165) is 5.56 Å². The highest BCUT2D eigenvalue weighted by Gasteiger charge is 2.20. The number of aliphatic hydroxyl groups excluding tert-OH is 2. The summed E-state index contributed by atoms with van der Waals surface area (Å²) in [5, 5.41) is 23.8. The number of rotatable bonds is 8. The topological polar surface area (TPSA) is 91.7 Å². The predicted molar refractivity (Wildman–Crippen MR) is 90.6 cm³/mol. The molecule has 7 heteroatoms. The lowest BCUT2D eigenvalue weighted by Gasteiger charge is -2.29. The third-order valence-corrected chi connectivity index (χ3v) is 3.79. The van der Waals surface area contributed by atoms with Crippen LogP contribution in [0.25, 0.3) is 11.4 Å². The summed E-state index contributed by atoms with van der Waals surface area (Å²) in [6, 6.07) is 9.39.